The molecule has 354 valence electrons. The Bertz CT molecular complexity index is 1250. The number of phosphoric acid groups is 1. The van der Waals surface area contributed by atoms with E-state index in [1.54, 1.807) is 0 Å². The number of unbranched alkanes of at least 4 members (excludes halogenated alkanes) is 18. The highest BCUT2D eigenvalue weighted by Crippen LogP contribution is 2.47. The number of rotatable bonds is 38. The molecule has 1 rings (SSSR count). The highest BCUT2D eigenvalue weighted by atomic mass is 31.2. The van der Waals surface area contributed by atoms with Crippen molar-refractivity contribution in [3.63, 3.8) is 0 Å². The molecule has 0 saturated heterocycles. The number of hydrogen-bond acceptors (Lipinski definition) is 12. The molecule has 1 fully saturated rings. The number of phosphoric ester groups is 1. The number of allylic oxidation sites excluding steroid dienone is 8. The summed E-state index contributed by atoms with van der Waals surface area (Å²) in [7, 11) is -5.12. The van der Waals surface area contributed by atoms with Gasteiger partial charge in [0.2, 0.25) is 0 Å². The maximum absolute atomic E-state index is 12.8. The van der Waals surface area contributed by atoms with Gasteiger partial charge in [0.25, 0.3) is 0 Å². The minimum Gasteiger partial charge on any atom is -0.462 e. The van der Waals surface area contributed by atoms with E-state index in [0.29, 0.717) is 12.8 Å². The summed E-state index contributed by atoms with van der Waals surface area (Å²) in [6.45, 7) is 3.17. The maximum Gasteiger partial charge on any atom is 0.472 e. The van der Waals surface area contributed by atoms with Crippen LogP contribution < -0.4 is 0 Å². The van der Waals surface area contributed by atoms with Crippen molar-refractivity contribution in [3.05, 3.63) is 48.6 Å². The van der Waals surface area contributed by atoms with Crippen LogP contribution in [-0.4, -0.2) is 98.3 Å². The van der Waals surface area contributed by atoms with E-state index in [1.807, 2.05) is 0 Å². The molecule has 6 unspecified atom stereocenters. The average molecular weight is 887 g/mol. The van der Waals surface area contributed by atoms with E-state index in [0.717, 1.165) is 89.9 Å². The summed E-state index contributed by atoms with van der Waals surface area (Å²) in [5.74, 6) is -1.11. The molecule has 0 radical (unpaired) electrons. The Balaban J connectivity index is 2.44. The summed E-state index contributed by atoms with van der Waals surface area (Å²) in [5.41, 5.74) is 0. The van der Waals surface area contributed by atoms with E-state index in [9.17, 15) is 44.6 Å². The molecule has 61 heavy (non-hydrogen) atoms. The number of aliphatic hydroxyl groups is 5. The number of hydrogen-bond donors (Lipinski definition) is 6. The highest BCUT2D eigenvalue weighted by molar-refractivity contribution is 7.47. The van der Waals surface area contributed by atoms with Crippen LogP contribution in [0.25, 0.3) is 0 Å². The fourth-order valence-electron chi connectivity index (χ4n) is 6.93. The lowest BCUT2D eigenvalue weighted by Crippen LogP contribution is -2.64. The second kappa shape index (κ2) is 37.2. The molecule has 6 atom stereocenters. The van der Waals surface area contributed by atoms with Crippen LogP contribution >= 0.6 is 7.82 Å². The molecule has 6 N–H and O–H groups in total. The number of ether oxygens (including phenoxy) is 2. The molecule has 0 spiro atoms. The zero-order valence-electron chi connectivity index (χ0n) is 37.4. The molecule has 1 saturated carbocycles. The molecule has 14 heteroatoms. The average Bonchev–Trinajstić information content (AvgIpc) is 3.24. The van der Waals surface area contributed by atoms with Gasteiger partial charge >= 0.3 is 19.8 Å². The first kappa shape index (κ1) is 56.8. The van der Waals surface area contributed by atoms with Gasteiger partial charge in [-0.25, -0.2) is 4.57 Å². The van der Waals surface area contributed by atoms with Crippen LogP contribution in [0, 0.1) is 0 Å². The minimum absolute atomic E-state index is 0.0947. The molecular formula is C47H83O13P. The van der Waals surface area contributed by atoms with Crippen LogP contribution in [0.1, 0.15) is 181 Å². The number of carbonyl (C=O) groups excluding carboxylic acids is 2. The number of carbonyl (C=O) groups is 2. The van der Waals surface area contributed by atoms with Gasteiger partial charge in [-0.1, -0.05) is 165 Å². The van der Waals surface area contributed by atoms with E-state index in [2.05, 4.69) is 62.5 Å². The Morgan fingerprint density at radius 3 is 1.43 bits per heavy atom. The van der Waals surface area contributed by atoms with Crippen molar-refractivity contribution >= 4 is 19.8 Å². The third-order valence-corrected chi connectivity index (χ3v) is 11.7. The predicted octanol–water partition coefficient (Wildman–Crippen LogP) is 9.17. The molecule has 1 aliphatic carbocycles. The summed E-state index contributed by atoms with van der Waals surface area (Å²) >= 11 is 0. The van der Waals surface area contributed by atoms with Gasteiger partial charge in [-0.3, -0.25) is 18.6 Å². The van der Waals surface area contributed by atoms with Crippen LogP contribution in [0.15, 0.2) is 48.6 Å². The molecule has 13 nitrogen and oxygen atoms in total. The van der Waals surface area contributed by atoms with Crippen molar-refractivity contribution in [2.45, 2.75) is 224 Å². The Kier molecular flexibility index (Phi) is 34.7. The van der Waals surface area contributed by atoms with Crippen molar-refractivity contribution in [2.24, 2.45) is 0 Å². The monoisotopic (exact) mass is 887 g/mol. The van der Waals surface area contributed by atoms with Gasteiger partial charge in [0.15, 0.2) is 6.10 Å². The van der Waals surface area contributed by atoms with Crippen molar-refractivity contribution in [2.75, 3.05) is 13.2 Å². The lowest BCUT2D eigenvalue weighted by Gasteiger charge is -2.41. The van der Waals surface area contributed by atoms with Crippen molar-refractivity contribution in [1.82, 2.24) is 0 Å². The first-order valence-electron chi connectivity index (χ1n) is 23.4. The fourth-order valence-corrected chi connectivity index (χ4v) is 7.90. The second-order valence-electron chi connectivity index (χ2n) is 16.2. The normalized spacial score (nSPS) is 22.4. The van der Waals surface area contributed by atoms with Crippen LogP contribution in [0.5, 0.6) is 0 Å². The quantitative estimate of drug-likeness (QED) is 0.0148. The number of esters is 2. The largest absolute Gasteiger partial charge is 0.472 e. The van der Waals surface area contributed by atoms with Crippen molar-refractivity contribution < 1.29 is 63.1 Å². The topological polar surface area (TPSA) is 210 Å². The van der Waals surface area contributed by atoms with Crippen LogP contribution in [0.2, 0.25) is 0 Å². The molecule has 0 aromatic heterocycles. The zero-order valence-corrected chi connectivity index (χ0v) is 38.3. The van der Waals surface area contributed by atoms with Gasteiger partial charge < -0.3 is 39.9 Å². The van der Waals surface area contributed by atoms with Crippen molar-refractivity contribution in [3.8, 4) is 0 Å². The van der Waals surface area contributed by atoms with Gasteiger partial charge in [0.05, 0.1) is 6.61 Å². The van der Waals surface area contributed by atoms with E-state index >= 15 is 0 Å². The number of aliphatic hydroxyl groups excluding tert-OH is 5. The smallest absolute Gasteiger partial charge is 0.462 e. The van der Waals surface area contributed by atoms with Gasteiger partial charge in [-0.15, -0.1) is 0 Å². The third-order valence-electron chi connectivity index (χ3n) is 10.7. The second-order valence-corrected chi connectivity index (χ2v) is 17.6. The SMILES string of the molecule is CCC=CCC=CCC=CCC=CCCCCCCCCC(=O)OCC(COP(=O)(O)OC1C(O)C(O)C(O)C(O)C1O)OC(=O)CCCCCCCCCCCCCCC. The molecular weight excluding hydrogens is 803 g/mol. The summed E-state index contributed by atoms with van der Waals surface area (Å²) in [5, 5.41) is 50.1. The molecule has 0 aromatic rings. The first-order valence-corrected chi connectivity index (χ1v) is 24.9. The van der Waals surface area contributed by atoms with Gasteiger partial charge in [-0.05, 0) is 51.4 Å². The zero-order chi connectivity index (χ0) is 45.0. The summed E-state index contributed by atoms with van der Waals surface area (Å²) < 4.78 is 33.5. The Morgan fingerprint density at radius 2 is 0.934 bits per heavy atom. The molecule has 0 bridgehead atoms. The predicted molar refractivity (Wildman–Crippen MR) is 239 cm³/mol. The van der Waals surface area contributed by atoms with Gasteiger partial charge in [0, 0.05) is 12.8 Å². The van der Waals surface area contributed by atoms with E-state index < -0.39 is 75.7 Å². The fraction of sp³-hybridized carbons (Fsp3) is 0.787. The van der Waals surface area contributed by atoms with E-state index in [-0.39, 0.29) is 12.8 Å². The van der Waals surface area contributed by atoms with E-state index in [4.69, 9.17) is 18.5 Å². The standard InChI is InChI=1S/C47H83O13P/c1-3-5-7-9-11-13-15-17-18-19-20-21-22-24-25-27-29-31-33-35-40(48)57-37-39(38-58-61(55,56)60-47-45(53)43(51)42(50)44(52)46(47)54)59-41(49)36-34-32-30-28-26-23-16-14-12-10-8-6-4-2/h5,7,11,13,17-18,20-21,39,42-47,50-54H,3-4,6,8-10,12,14-16,19,22-38H2,1-2H3,(H,55,56). The summed E-state index contributed by atoms with van der Waals surface area (Å²) in [6, 6.07) is 0. The van der Waals surface area contributed by atoms with E-state index in [1.165, 1.54) is 51.4 Å². The Hall–Kier alpha value is -2.19. The van der Waals surface area contributed by atoms with Crippen molar-refractivity contribution in [1.29, 1.82) is 0 Å². The third kappa shape index (κ3) is 29.7. The molecule has 0 heterocycles. The van der Waals surface area contributed by atoms with Gasteiger partial charge in [0.1, 0.15) is 43.2 Å². The molecule has 0 aliphatic heterocycles. The first-order chi connectivity index (χ1) is 29.4. The van der Waals surface area contributed by atoms with Crippen LogP contribution in [0.4, 0.5) is 0 Å². The maximum atomic E-state index is 12.8. The van der Waals surface area contributed by atoms with Gasteiger partial charge in [-0.2, -0.15) is 0 Å². The molecule has 1 aliphatic rings. The summed E-state index contributed by atoms with van der Waals surface area (Å²) in [6.07, 6.45) is 30.2. The highest BCUT2D eigenvalue weighted by Gasteiger charge is 2.51. The lowest BCUT2D eigenvalue weighted by molar-refractivity contribution is -0.220. The Labute approximate surface area is 367 Å². The minimum atomic E-state index is -5.12. The van der Waals surface area contributed by atoms with Crippen LogP contribution in [0.3, 0.4) is 0 Å². The molecule has 0 amide bonds. The van der Waals surface area contributed by atoms with Crippen LogP contribution in [-0.2, 0) is 32.7 Å². The summed E-state index contributed by atoms with van der Waals surface area (Å²) in [4.78, 5) is 35.7. The Morgan fingerprint density at radius 1 is 0.525 bits per heavy atom. The molecule has 0 aromatic carbocycles. The lowest BCUT2D eigenvalue weighted by atomic mass is 9.85.